The Balaban J connectivity index is 2.26. The molecule has 2 rings (SSSR count). The summed E-state index contributed by atoms with van der Waals surface area (Å²) in [5.41, 5.74) is 0.343. The van der Waals surface area contributed by atoms with Crippen LogP contribution in [0, 0.1) is 11.3 Å². The van der Waals surface area contributed by atoms with Crippen LogP contribution in [-0.4, -0.2) is 44.4 Å². The van der Waals surface area contributed by atoms with Crippen molar-refractivity contribution >= 4 is 33.2 Å². The van der Waals surface area contributed by atoms with Crippen LogP contribution in [0.5, 0.6) is 0 Å². The minimum atomic E-state index is -3.82. The maximum Gasteiger partial charge on any atom is 0.243 e. The highest BCUT2D eigenvalue weighted by Gasteiger charge is 2.29. The number of carbonyl (C=O) groups excluding carboxylic acids is 1. The molecule has 0 bridgehead atoms. The number of halogens is 1. The Morgan fingerprint density at radius 1 is 1.52 bits per heavy atom. The summed E-state index contributed by atoms with van der Waals surface area (Å²) < 4.78 is 32.6. The highest BCUT2D eigenvalue weighted by atomic mass is 35.5. The number of nitriles is 1. The number of carbonyl (C=O) groups is 1. The zero-order valence-electron chi connectivity index (χ0n) is 13.9. The Morgan fingerprint density at radius 3 is 2.84 bits per heavy atom. The van der Waals surface area contributed by atoms with Gasteiger partial charge in [0.15, 0.2) is 0 Å². The van der Waals surface area contributed by atoms with Crippen LogP contribution in [0.3, 0.4) is 0 Å². The van der Waals surface area contributed by atoms with E-state index >= 15 is 0 Å². The normalized spacial score (nSPS) is 17.4. The van der Waals surface area contributed by atoms with Gasteiger partial charge in [0.05, 0.1) is 27.8 Å². The van der Waals surface area contributed by atoms with E-state index < -0.39 is 10.0 Å². The van der Waals surface area contributed by atoms with Gasteiger partial charge in [0.25, 0.3) is 0 Å². The molecule has 136 valence electrons. The monoisotopic (exact) mass is 385 g/mol. The average Bonchev–Trinajstić information content (AvgIpc) is 3.05. The minimum Gasteiger partial charge on any atom is -0.377 e. The second kappa shape index (κ2) is 8.63. The summed E-state index contributed by atoms with van der Waals surface area (Å²) >= 11 is 6.08. The number of sulfonamides is 1. The third-order valence-corrected chi connectivity index (χ3v) is 5.97. The first-order valence-corrected chi connectivity index (χ1v) is 9.72. The summed E-state index contributed by atoms with van der Waals surface area (Å²) in [6, 6.07) is 6.11. The molecule has 1 amide bonds. The van der Waals surface area contributed by atoms with Crippen molar-refractivity contribution in [3.63, 3.8) is 0 Å². The Hall–Kier alpha value is -1.66. The molecule has 1 atom stereocenters. The molecular weight excluding hydrogens is 366 g/mol. The number of anilines is 1. The number of ether oxygens (including phenoxy) is 1. The summed E-state index contributed by atoms with van der Waals surface area (Å²) in [5.74, 6) is -0.300. The fourth-order valence-electron chi connectivity index (χ4n) is 2.60. The van der Waals surface area contributed by atoms with Crippen molar-refractivity contribution in [2.24, 2.45) is 0 Å². The maximum absolute atomic E-state index is 12.9. The molecule has 1 N–H and O–H groups in total. The molecule has 0 spiro atoms. The Labute approximate surface area is 152 Å². The van der Waals surface area contributed by atoms with Gasteiger partial charge in [-0.15, -0.1) is 0 Å². The van der Waals surface area contributed by atoms with Gasteiger partial charge in [-0.3, -0.25) is 4.79 Å². The lowest BCUT2D eigenvalue weighted by atomic mass is 10.2. The van der Waals surface area contributed by atoms with Gasteiger partial charge < -0.3 is 10.1 Å². The number of hydrogen-bond donors (Lipinski definition) is 1. The summed E-state index contributed by atoms with van der Waals surface area (Å²) in [6.07, 6.45) is 1.61. The number of amides is 1. The highest BCUT2D eigenvalue weighted by molar-refractivity contribution is 7.89. The summed E-state index contributed by atoms with van der Waals surface area (Å²) in [5, 5.41) is 11.5. The maximum atomic E-state index is 12.9. The van der Waals surface area contributed by atoms with Crippen LogP contribution in [0.2, 0.25) is 5.02 Å². The Morgan fingerprint density at radius 2 is 2.28 bits per heavy atom. The number of benzene rings is 1. The van der Waals surface area contributed by atoms with Crippen molar-refractivity contribution < 1.29 is 17.9 Å². The molecule has 0 saturated carbocycles. The SMILES string of the molecule is CC(=O)Nc1ccc(S(=O)(=O)N(CCC#N)CC2CCCO2)cc1Cl. The van der Waals surface area contributed by atoms with Crippen molar-refractivity contribution in [1.82, 2.24) is 4.31 Å². The largest absolute Gasteiger partial charge is 0.377 e. The van der Waals surface area contributed by atoms with Gasteiger partial charge in [0, 0.05) is 33.0 Å². The first-order valence-electron chi connectivity index (χ1n) is 7.90. The molecule has 0 aliphatic carbocycles. The van der Waals surface area contributed by atoms with Gasteiger partial charge in [0.2, 0.25) is 15.9 Å². The predicted octanol–water partition coefficient (Wildman–Crippen LogP) is 2.38. The van der Waals surface area contributed by atoms with Crippen molar-refractivity contribution in [2.75, 3.05) is 25.0 Å². The molecule has 1 saturated heterocycles. The quantitative estimate of drug-likeness (QED) is 0.776. The molecule has 1 aromatic carbocycles. The van der Waals surface area contributed by atoms with E-state index in [0.717, 1.165) is 12.8 Å². The van der Waals surface area contributed by atoms with Crippen LogP contribution in [0.1, 0.15) is 26.2 Å². The van der Waals surface area contributed by atoms with Gasteiger partial charge >= 0.3 is 0 Å². The first kappa shape index (κ1) is 19.7. The molecule has 1 heterocycles. The van der Waals surface area contributed by atoms with Crippen LogP contribution >= 0.6 is 11.6 Å². The Bertz CT molecular complexity index is 770. The second-order valence-electron chi connectivity index (χ2n) is 5.73. The molecule has 25 heavy (non-hydrogen) atoms. The first-order chi connectivity index (χ1) is 11.8. The number of rotatable bonds is 7. The fourth-order valence-corrected chi connectivity index (χ4v) is 4.39. The van der Waals surface area contributed by atoms with Crippen LogP contribution in [-0.2, 0) is 19.6 Å². The van der Waals surface area contributed by atoms with Gasteiger partial charge in [-0.1, -0.05) is 11.6 Å². The second-order valence-corrected chi connectivity index (χ2v) is 8.07. The smallest absolute Gasteiger partial charge is 0.243 e. The van der Waals surface area contributed by atoms with Crippen molar-refractivity contribution in [3.8, 4) is 6.07 Å². The lowest BCUT2D eigenvalue weighted by Gasteiger charge is -2.24. The van der Waals surface area contributed by atoms with E-state index in [0.29, 0.717) is 12.3 Å². The van der Waals surface area contributed by atoms with E-state index in [1.165, 1.54) is 29.4 Å². The van der Waals surface area contributed by atoms with Gasteiger partial charge in [-0.05, 0) is 31.0 Å². The Kier molecular flexibility index (Phi) is 6.79. The third-order valence-electron chi connectivity index (χ3n) is 3.79. The van der Waals surface area contributed by atoms with Crippen LogP contribution in [0.15, 0.2) is 23.1 Å². The van der Waals surface area contributed by atoms with Gasteiger partial charge in [-0.2, -0.15) is 9.57 Å². The number of nitrogens with one attached hydrogen (secondary N) is 1. The highest BCUT2D eigenvalue weighted by Crippen LogP contribution is 2.28. The minimum absolute atomic E-state index is 0.0162. The van der Waals surface area contributed by atoms with Crippen LogP contribution in [0.25, 0.3) is 0 Å². The van der Waals surface area contributed by atoms with E-state index in [4.69, 9.17) is 21.6 Å². The molecule has 1 aliphatic rings. The van der Waals surface area contributed by atoms with Gasteiger partial charge in [-0.25, -0.2) is 8.42 Å². The fraction of sp³-hybridized carbons (Fsp3) is 0.500. The summed E-state index contributed by atoms with van der Waals surface area (Å²) in [4.78, 5) is 11.1. The standard InChI is InChI=1S/C16H20ClN3O4S/c1-12(21)19-16-6-5-14(10-15(16)17)25(22,23)20(8-3-7-18)11-13-4-2-9-24-13/h5-6,10,13H,2-4,8-9,11H2,1H3,(H,19,21). The van der Waals surface area contributed by atoms with Crippen LogP contribution in [0.4, 0.5) is 5.69 Å². The molecule has 7 nitrogen and oxygen atoms in total. The molecule has 0 aromatic heterocycles. The van der Waals surface area contributed by atoms with E-state index in [1.54, 1.807) is 0 Å². The molecular formula is C16H20ClN3O4S. The molecule has 1 fully saturated rings. The number of hydrogen-bond acceptors (Lipinski definition) is 5. The topological polar surface area (TPSA) is 99.5 Å². The van der Waals surface area contributed by atoms with E-state index in [2.05, 4.69) is 5.32 Å². The average molecular weight is 386 g/mol. The third kappa shape index (κ3) is 5.16. The molecule has 0 radical (unpaired) electrons. The zero-order chi connectivity index (χ0) is 18.4. The molecule has 1 aliphatic heterocycles. The van der Waals surface area contributed by atoms with Crippen molar-refractivity contribution in [3.05, 3.63) is 23.2 Å². The lowest BCUT2D eigenvalue weighted by molar-refractivity contribution is -0.114. The lowest BCUT2D eigenvalue weighted by Crippen LogP contribution is -2.38. The molecule has 9 heteroatoms. The van der Waals surface area contributed by atoms with E-state index in [-0.39, 0.29) is 41.4 Å². The zero-order valence-corrected chi connectivity index (χ0v) is 15.4. The summed E-state index contributed by atoms with van der Waals surface area (Å²) in [7, 11) is -3.82. The van der Waals surface area contributed by atoms with Crippen molar-refractivity contribution in [1.29, 1.82) is 5.26 Å². The van der Waals surface area contributed by atoms with Gasteiger partial charge in [0.1, 0.15) is 0 Å². The van der Waals surface area contributed by atoms with E-state index in [1.807, 2.05) is 6.07 Å². The van der Waals surface area contributed by atoms with Crippen molar-refractivity contribution in [2.45, 2.75) is 37.2 Å². The summed E-state index contributed by atoms with van der Waals surface area (Å²) in [6.45, 7) is 2.25. The van der Waals surface area contributed by atoms with Crippen LogP contribution < -0.4 is 5.32 Å². The molecule has 1 unspecified atom stereocenters. The predicted molar refractivity (Wildman–Crippen MR) is 93.7 cm³/mol. The van der Waals surface area contributed by atoms with E-state index in [9.17, 15) is 13.2 Å². The number of nitrogens with zero attached hydrogens (tertiary/aromatic N) is 2. The molecule has 1 aromatic rings.